The first-order valence-electron chi connectivity index (χ1n) is 3.37. The molecule has 0 spiro atoms. The van der Waals surface area contributed by atoms with Crippen molar-refractivity contribution in [3.8, 4) is 0 Å². The molecule has 0 N–H and O–H groups in total. The van der Waals surface area contributed by atoms with Gasteiger partial charge in [-0.15, -0.1) is 0 Å². The average molecular weight is 166 g/mol. The molecule has 0 fully saturated rings. The van der Waals surface area contributed by atoms with Gasteiger partial charge >= 0.3 is 64.2 Å². The number of allylic oxidation sites excluding steroid dienone is 4. The van der Waals surface area contributed by atoms with E-state index in [1.165, 1.54) is 10.9 Å². The topological polar surface area (TPSA) is 0 Å². The summed E-state index contributed by atoms with van der Waals surface area (Å²) in [6.45, 7) is 0. The summed E-state index contributed by atoms with van der Waals surface area (Å²) >= 11 is 4.35. The molecule has 52 valence electrons. The van der Waals surface area contributed by atoms with E-state index in [1.807, 2.05) is 0 Å². The summed E-state index contributed by atoms with van der Waals surface area (Å²) in [5, 5.41) is 0. The van der Waals surface area contributed by atoms with Crippen LogP contribution in [0.5, 0.6) is 0 Å². The van der Waals surface area contributed by atoms with Crippen molar-refractivity contribution in [3.63, 3.8) is 0 Å². The van der Waals surface area contributed by atoms with Crippen molar-refractivity contribution in [3.05, 3.63) is 22.7 Å². The van der Waals surface area contributed by atoms with E-state index in [1.54, 1.807) is 0 Å². The molecule has 1 aliphatic carbocycles. The van der Waals surface area contributed by atoms with Crippen LogP contribution in [0, 0.1) is 0 Å². The second-order valence-corrected chi connectivity index (χ2v) is 2.88. The van der Waals surface area contributed by atoms with E-state index >= 15 is 0 Å². The Kier molecular flexibility index (Phi) is 3.08. The summed E-state index contributed by atoms with van der Waals surface area (Å²) in [5.74, 6) is 0. The third-order valence-electron chi connectivity index (χ3n) is 1.40. The molecule has 0 heterocycles. The standard InChI is InChI=1S/C8H11.Co/c1-2-4-6-8-7-5-3-1;/h1-2,7H,3-6H2;. The first kappa shape index (κ1) is 7.10. The van der Waals surface area contributed by atoms with E-state index < -0.39 is 0 Å². The van der Waals surface area contributed by atoms with Crippen LogP contribution in [0.1, 0.15) is 25.7 Å². The van der Waals surface area contributed by atoms with Crippen LogP contribution in [-0.4, -0.2) is 0 Å². The molecule has 0 saturated heterocycles. The molecule has 1 aliphatic rings. The molecule has 0 radical (unpaired) electrons. The predicted octanol–water partition coefficient (Wildman–Crippen LogP) is 2.55. The fraction of sp³-hybridized carbons (Fsp3) is 0.500. The zero-order valence-electron chi connectivity index (χ0n) is 5.39. The van der Waals surface area contributed by atoms with Crippen molar-refractivity contribution in [1.29, 1.82) is 0 Å². The molecule has 0 amide bonds. The van der Waals surface area contributed by atoms with Crippen molar-refractivity contribution in [2.75, 3.05) is 0 Å². The van der Waals surface area contributed by atoms with Gasteiger partial charge in [0.2, 0.25) is 0 Å². The van der Waals surface area contributed by atoms with Crippen LogP contribution in [0.25, 0.3) is 0 Å². The summed E-state index contributed by atoms with van der Waals surface area (Å²) in [6, 6.07) is 0. The van der Waals surface area contributed by atoms with Crippen LogP contribution in [-0.2, 0) is 15.7 Å². The molecule has 9 heavy (non-hydrogen) atoms. The SMILES string of the molecule is [Co][C]1=CCCC=CCC1. The second kappa shape index (κ2) is 3.91. The average Bonchev–Trinajstić information content (AvgIpc) is 1.79. The zero-order chi connectivity index (χ0) is 6.53. The Labute approximate surface area is 64.6 Å². The molecule has 0 unspecified atom stereocenters. The van der Waals surface area contributed by atoms with Crippen molar-refractivity contribution >= 4 is 0 Å². The minimum absolute atomic E-state index is 1.12. The maximum atomic E-state index is 4.35. The summed E-state index contributed by atoms with van der Waals surface area (Å²) < 4.78 is 1.24. The Morgan fingerprint density at radius 1 is 1.11 bits per heavy atom. The van der Waals surface area contributed by atoms with Crippen LogP contribution in [0.3, 0.4) is 0 Å². The molecule has 0 atom stereocenters. The van der Waals surface area contributed by atoms with Crippen molar-refractivity contribution in [2.45, 2.75) is 25.7 Å². The monoisotopic (exact) mass is 166 g/mol. The molecule has 0 aromatic carbocycles. The van der Waals surface area contributed by atoms with E-state index in [-0.39, 0.29) is 0 Å². The van der Waals surface area contributed by atoms with E-state index in [4.69, 9.17) is 0 Å². The van der Waals surface area contributed by atoms with Crippen molar-refractivity contribution in [1.82, 2.24) is 0 Å². The van der Waals surface area contributed by atoms with Gasteiger partial charge in [-0.2, -0.15) is 0 Å². The van der Waals surface area contributed by atoms with E-state index in [0.717, 1.165) is 19.3 Å². The van der Waals surface area contributed by atoms with Gasteiger partial charge in [-0.1, -0.05) is 0 Å². The second-order valence-electron chi connectivity index (χ2n) is 2.21. The van der Waals surface area contributed by atoms with Crippen LogP contribution < -0.4 is 0 Å². The summed E-state index contributed by atoms with van der Waals surface area (Å²) in [7, 11) is 0. The molecule has 0 bridgehead atoms. The van der Waals surface area contributed by atoms with Gasteiger partial charge in [-0.05, 0) is 0 Å². The summed E-state index contributed by atoms with van der Waals surface area (Å²) in [5.41, 5.74) is 0. The zero-order valence-corrected chi connectivity index (χ0v) is 6.43. The van der Waals surface area contributed by atoms with Gasteiger partial charge in [-0.25, -0.2) is 0 Å². The molecule has 0 saturated carbocycles. The summed E-state index contributed by atoms with van der Waals surface area (Å²) in [6.07, 6.45) is 11.3. The van der Waals surface area contributed by atoms with Crippen LogP contribution in [0.2, 0.25) is 0 Å². The van der Waals surface area contributed by atoms with Crippen LogP contribution in [0.15, 0.2) is 22.7 Å². The number of hydrogen-bond acceptors (Lipinski definition) is 0. The minimum atomic E-state index is 1.12. The Morgan fingerprint density at radius 3 is 2.78 bits per heavy atom. The van der Waals surface area contributed by atoms with Gasteiger partial charge in [0.25, 0.3) is 0 Å². The molecular weight excluding hydrogens is 155 g/mol. The van der Waals surface area contributed by atoms with Crippen LogP contribution >= 0.6 is 0 Å². The van der Waals surface area contributed by atoms with Gasteiger partial charge in [0.05, 0.1) is 0 Å². The third-order valence-corrected chi connectivity index (χ3v) is 1.87. The van der Waals surface area contributed by atoms with Gasteiger partial charge in [0.1, 0.15) is 0 Å². The third kappa shape index (κ3) is 2.87. The molecular formula is C8H11Co. The first-order chi connectivity index (χ1) is 4.39. The fourth-order valence-electron chi connectivity index (χ4n) is 0.882. The normalized spacial score (nSPS) is 20.4. The molecule has 0 aliphatic heterocycles. The molecule has 1 rings (SSSR count). The molecule has 0 nitrogen and oxygen atoms in total. The predicted molar refractivity (Wildman–Crippen MR) is 35.7 cm³/mol. The van der Waals surface area contributed by atoms with Crippen molar-refractivity contribution in [2.24, 2.45) is 0 Å². The van der Waals surface area contributed by atoms with Gasteiger partial charge in [-0.3, -0.25) is 0 Å². The first-order valence-corrected chi connectivity index (χ1v) is 3.89. The van der Waals surface area contributed by atoms with E-state index in [0.29, 0.717) is 0 Å². The molecule has 0 aromatic rings. The Balaban J connectivity index is 2.41. The number of hydrogen-bond donors (Lipinski definition) is 0. The number of rotatable bonds is 0. The van der Waals surface area contributed by atoms with Gasteiger partial charge in [0.15, 0.2) is 0 Å². The van der Waals surface area contributed by atoms with Crippen molar-refractivity contribution < 1.29 is 15.7 Å². The Bertz CT molecular complexity index is 134. The molecule has 1 heteroatoms. The summed E-state index contributed by atoms with van der Waals surface area (Å²) in [4.78, 5) is 0. The molecule has 0 aromatic heterocycles. The maximum absolute atomic E-state index is 4.35. The van der Waals surface area contributed by atoms with Gasteiger partial charge < -0.3 is 0 Å². The van der Waals surface area contributed by atoms with E-state index in [9.17, 15) is 0 Å². The van der Waals surface area contributed by atoms with Crippen LogP contribution in [0.4, 0.5) is 0 Å². The quantitative estimate of drug-likeness (QED) is 0.485. The van der Waals surface area contributed by atoms with E-state index in [2.05, 4.69) is 34.0 Å². The van der Waals surface area contributed by atoms with Gasteiger partial charge in [0, 0.05) is 0 Å². The fourth-order valence-corrected chi connectivity index (χ4v) is 1.18. The Hall–Kier alpha value is -0.0135. The Morgan fingerprint density at radius 2 is 1.89 bits per heavy atom.